The number of nitrogens with zero attached hydrogens (tertiary/aromatic N) is 2. The Labute approximate surface area is 130 Å². The number of rotatable bonds is 5. The first kappa shape index (κ1) is 16.9. The molecule has 0 spiro atoms. The second-order valence-electron chi connectivity index (χ2n) is 5.70. The van der Waals surface area contributed by atoms with Gasteiger partial charge in [0, 0.05) is 33.1 Å². The lowest BCUT2D eigenvalue weighted by Crippen LogP contribution is -2.33. The van der Waals surface area contributed by atoms with Gasteiger partial charge in [0.1, 0.15) is 5.82 Å². The molecule has 1 saturated heterocycles. The highest BCUT2D eigenvalue weighted by Gasteiger charge is 2.32. The van der Waals surface area contributed by atoms with E-state index in [1.54, 1.807) is 11.8 Å². The Morgan fingerprint density at radius 1 is 1.41 bits per heavy atom. The van der Waals surface area contributed by atoms with E-state index in [9.17, 15) is 17.6 Å². The van der Waals surface area contributed by atoms with Crippen molar-refractivity contribution in [3.63, 3.8) is 0 Å². The van der Waals surface area contributed by atoms with Crippen LogP contribution in [0.4, 0.5) is 4.39 Å². The average Bonchev–Trinajstić information content (AvgIpc) is 2.81. The van der Waals surface area contributed by atoms with E-state index >= 15 is 0 Å². The Morgan fingerprint density at radius 3 is 2.68 bits per heavy atom. The molecule has 0 N–H and O–H groups in total. The van der Waals surface area contributed by atoms with Gasteiger partial charge in [-0.3, -0.25) is 4.79 Å². The molecule has 0 bridgehead atoms. The summed E-state index contributed by atoms with van der Waals surface area (Å²) >= 11 is 0. The maximum absolute atomic E-state index is 13.4. The Bertz CT molecular complexity index is 675. The highest BCUT2D eigenvalue weighted by atomic mass is 32.2. The number of amides is 1. The minimum Gasteiger partial charge on any atom is -0.343 e. The summed E-state index contributed by atoms with van der Waals surface area (Å²) in [6, 6.07) is 3.73. The molecule has 1 aliphatic rings. The molecule has 5 nitrogen and oxygen atoms in total. The third kappa shape index (κ3) is 3.30. The van der Waals surface area contributed by atoms with Crippen LogP contribution in [0, 0.1) is 18.7 Å². The van der Waals surface area contributed by atoms with Crippen LogP contribution >= 0.6 is 0 Å². The van der Waals surface area contributed by atoms with Gasteiger partial charge < -0.3 is 4.90 Å². The van der Waals surface area contributed by atoms with Crippen LogP contribution in [-0.4, -0.2) is 50.2 Å². The fraction of sp³-hybridized carbons (Fsp3) is 0.533. The zero-order chi connectivity index (χ0) is 16.5. The first-order valence-corrected chi connectivity index (χ1v) is 8.70. The molecule has 2 rings (SSSR count). The van der Waals surface area contributed by atoms with E-state index in [-0.39, 0.29) is 23.3 Å². The molecule has 22 heavy (non-hydrogen) atoms. The van der Waals surface area contributed by atoms with Crippen LogP contribution in [0.25, 0.3) is 0 Å². The topological polar surface area (TPSA) is 57.7 Å². The number of halogens is 1. The van der Waals surface area contributed by atoms with Gasteiger partial charge in [0.25, 0.3) is 0 Å². The van der Waals surface area contributed by atoms with E-state index in [1.165, 1.54) is 23.5 Å². The summed E-state index contributed by atoms with van der Waals surface area (Å²) in [6.45, 7) is 4.99. The SMILES string of the molecule is CCN1CC(CN(C)S(=O)(=O)c2cc(F)ccc2C)CC1=O. The van der Waals surface area contributed by atoms with Gasteiger partial charge >= 0.3 is 0 Å². The van der Waals surface area contributed by atoms with Crippen molar-refractivity contribution in [2.75, 3.05) is 26.7 Å². The van der Waals surface area contributed by atoms with Crippen LogP contribution in [-0.2, 0) is 14.8 Å². The normalized spacial score (nSPS) is 19.2. The second-order valence-corrected chi connectivity index (χ2v) is 7.71. The quantitative estimate of drug-likeness (QED) is 0.825. The number of hydrogen-bond acceptors (Lipinski definition) is 3. The molecule has 1 unspecified atom stereocenters. The number of benzene rings is 1. The Balaban J connectivity index is 2.16. The Hall–Kier alpha value is -1.47. The van der Waals surface area contributed by atoms with Gasteiger partial charge in [0.05, 0.1) is 4.90 Å². The molecule has 1 aromatic carbocycles. The monoisotopic (exact) mass is 328 g/mol. The molecule has 0 aliphatic carbocycles. The summed E-state index contributed by atoms with van der Waals surface area (Å²) < 4.78 is 39.7. The third-order valence-electron chi connectivity index (χ3n) is 4.03. The predicted octanol–water partition coefficient (Wildman–Crippen LogP) is 1.62. The molecule has 7 heteroatoms. The van der Waals surface area contributed by atoms with Crippen LogP contribution < -0.4 is 0 Å². The third-order valence-corrected chi connectivity index (χ3v) is 6.00. The predicted molar refractivity (Wildman–Crippen MR) is 81.3 cm³/mol. The van der Waals surface area contributed by atoms with Crippen LogP contribution in [0.3, 0.4) is 0 Å². The molecule has 0 aromatic heterocycles. The maximum Gasteiger partial charge on any atom is 0.243 e. The molecule has 0 radical (unpaired) electrons. The first-order chi connectivity index (χ1) is 10.3. The lowest BCUT2D eigenvalue weighted by molar-refractivity contribution is -0.127. The summed E-state index contributed by atoms with van der Waals surface area (Å²) in [4.78, 5) is 13.4. The molecule has 1 amide bonds. The maximum atomic E-state index is 13.4. The van der Waals surface area contributed by atoms with E-state index in [1.807, 2.05) is 6.92 Å². The lowest BCUT2D eigenvalue weighted by Gasteiger charge is -2.22. The molecular formula is C15H21FN2O3S. The van der Waals surface area contributed by atoms with E-state index < -0.39 is 15.8 Å². The van der Waals surface area contributed by atoms with Crippen molar-refractivity contribution < 1.29 is 17.6 Å². The highest BCUT2D eigenvalue weighted by molar-refractivity contribution is 7.89. The van der Waals surface area contributed by atoms with Gasteiger partial charge in [-0.25, -0.2) is 17.1 Å². The number of likely N-dealkylation sites (tertiary alicyclic amines) is 1. The van der Waals surface area contributed by atoms with E-state index in [2.05, 4.69) is 0 Å². The number of sulfonamides is 1. The smallest absolute Gasteiger partial charge is 0.243 e. The minimum atomic E-state index is -3.76. The van der Waals surface area contributed by atoms with Crippen LogP contribution in [0.2, 0.25) is 0 Å². The first-order valence-electron chi connectivity index (χ1n) is 7.26. The number of carbonyl (C=O) groups is 1. The van der Waals surface area contributed by atoms with Crippen molar-refractivity contribution in [2.24, 2.45) is 5.92 Å². The molecule has 1 aliphatic heterocycles. The standard InChI is InChI=1S/C15H21FN2O3S/c1-4-18-10-12(7-15(18)19)9-17(3)22(20,21)14-8-13(16)6-5-11(14)2/h5-6,8,12H,4,7,9-10H2,1-3H3. The lowest BCUT2D eigenvalue weighted by atomic mass is 10.1. The summed E-state index contributed by atoms with van der Waals surface area (Å²) in [5.41, 5.74) is 0.505. The van der Waals surface area contributed by atoms with Crippen LogP contribution in [0.1, 0.15) is 18.9 Å². The van der Waals surface area contributed by atoms with Gasteiger partial charge in [-0.2, -0.15) is 0 Å². The minimum absolute atomic E-state index is 0.0216. The van der Waals surface area contributed by atoms with Crippen molar-refractivity contribution in [1.29, 1.82) is 0 Å². The molecule has 122 valence electrons. The van der Waals surface area contributed by atoms with Crippen molar-refractivity contribution in [3.05, 3.63) is 29.6 Å². The summed E-state index contributed by atoms with van der Waals surface area (Å²) in [6.07, 6.45) is 0.357. The highest BCUT2D eigenvalue weighted by Crippen LogP contribution is 2.24. The van der Waals surface area contributed by atoms with Gasteiger partial charge in [0.15, 0.2) is 0 Å². The zero-order valence-electron chi connectivity index (χ0n) is 13.0. The van der Waals surface area contributed by atoms with Crippen LogP contribution in [0.5, 0.6) is 0 Å². The van der Waals surface area contributed by atoms with Gasteiger partial charge in [-0.15, -0.1) is 0 Å². The Morgan fingerprint density at radius 2 is 2.09 bits per heavy atom. The number of hydrogen-bond donors (Lipinski definition) is 0. The molecule has 1 heterocycles. The molecule has 1 atom stereocenters. The van der Waals surface area contributed by atoms with Crippen molar-refractivity contribution in [1.82, 2.24) is 9.21 Å². The summed E-state index contributed by atoms with van der Waals surface area (Å²) in [7, 11) is -2.29. The summed E-state index contributed by atoms with van der Waals surface area (Å²) in [5, 5.41) is 0. The van der Waals surface area contributed by atoms with E-state index in [4.69, 9.17) is 0 Å². The number of aryl methyl sites for hydroxylation is 1. The largest absolute Gasteiger partial charge is 0.343 e. The fourth-order valence-electron chi connectivity index (χ4n) is 2.76. The average molecular weight is 328 g/mol. The van der Waals surface area contributed by atoms with E-state index in [0.717, 1.165) is 6.07 Å². The fourth-order valence-corrected chi connectivity index (χ4v) is 4.24. The summed E-state index contributed by atoms with van der Waals surface area (Å²) in [5.74, 6) is -0.549. The van der Waals surface area contributed by atoms with Crippen molar-refractivity contribution in [2.45, 2.75) is 25.2 Å². The Kier molecular flexibility index (Phi) is 4.87. The molecular weight excluding hydrogens is 307 g/mol. The van der Waals surface area contributed by atoms with Crippen molar-refractivity contribution >= 4 is 15.9 Å². The second kappa shape index (κ2) is 6.34. The molecule has 1 fully saturated rings. The van der Waals surface area contributed by atoms with E-state index in [0.29, 0.717) is 25.1 Å². The van der Waals surface area contributed by atoms with Gasteiger partial charge in [-0.05, 0) is 37.5 Å². The van der Waals surface area contributed by atoms with Crippen molar-refractivity contribution in [3.8, 4) is 0 Å². The molecule has 1 aromatic rings. The number of carbonyl (C=O) groups excluding carboxylic acids is 1. The van der Waals surface area contributed by atoms with Gasteiger partial charge in [0.2, 0.25) is 15.9 Å². The molecule has 0 saturated carbocycles. The van der Waals surface area contributed by atoms with Gasteiger partial charge in [-0.1, -0.05) is 6.07 Å². The zero-order valence-corrected chi connectivity index (χ0v) is 13.9. The van der Waals surface area contributed by atoms with Crippen LogP contribution in [0.15, 0.2) is 23.1 Å².